The summed E-state index contributed by atoms with van der Waals surface area (Å²) in [7, 11) is 0. The molecule has 29 heavy (non-hydrogen) atoms. The summed E-state index contributed by atoms with van der Waals surface area (Å²) in [6.07, 6.45) is 2.29. The topological polar surface area (TPSA) is 70.7 Å². The zero-order valence-corrected chi connectivity index (χ0v) is 16.5. The number of para-hydroxylation sites is 1. The van der Waals surface area contributed by atoms with Crippen LogP contribution in [-0.2, 0) is 11.3 Å². The van der Waals surface area contributed by atoms with Crippen LogP contribution in [0.1, 0.15) is 56.9 Å². The molecule has 2 aromatic heterocycles. The van der Waals surface area contributed by atoms with E-state index in [0.717, 1.165) is 24.2 Å². The van der Waals surface area contributed by atoms with Crippen molar-refractivity contribution in [2.24, 2.45) is 0 Å². The van der Waals surface area contributed by atoms with Crippen molar-refractivity contribution in [2.45, 2.75) is 39.3 Å². The van der Waals surface area contributed by atoms with Gasteiger partial charge in [0, 0.05) is 23.0 Å². The summed E-state index contributed by atoms with van der Waals surface area (Å²) in [5.41, 5.74) is 2.61. The van der Waals surface area contributed by atoms with E-state index in [4.69, 9.17) is 13.9 Å². The molecule has 1 aliphatic carbocycles. The van der Waals surface area contributed by atoms with Gasteiger partial charge in [-0.2, -0.15) is 0 Å². The molecule has 6 nitrogen and oxygen atoms in total. The number of benzene rings is 1. The summed E-state index contributed by atoms with van der Waals surface area (Å²) in [5, 5.41) is 0. The highest BCUT2D eigenvalue weighted by molar-refractivity contribution is 6.00. The lowest BCUT2D eigenvalue weighted by Gasteiger charge is -2.07. The van der Waals surface area contributed by atoms with Crippen molar-refractivity contribution in [1.82, 2.24) is 4.57 Å². The Kier molecular flexibility index (Phi) is 5.25. The molecule has 150 valence electrons. The van der Waals surface area contributed by atoms with E-state index in [-0.39, 0.29) is 24.8 Å². The molecule has 0 radical (unpaired) electrons. The molecule has 6 heteroatoms. The number of nitrogens with zero attached hydrogens (tertiary/aromatic N) is 1. The molecular formula is C23H23NO5. The second-order valence-corrected chi connectivity index (χ2v) is 7.25. The summed E-state index contributed by atoms with van der Waals surface area (Å²) >= 11 is 0. The van der Waals surface area contributed by atoms with Crippen molar-refractivity contribution in [3.05, 3.63) is 77.0 Å². The number of aromatic nitrogens is 1. The molecule has 4 rings (SSSR count). The number of esters is 1. The van der Waals surface area contributed by atoms with Gasteiger partial charge < -0.3 is 18.5 Å². The van der Waals surface area contributed by atoms with Gasteiger partial charge in [0.1, 0.15) is 18.1 Å². The van der Waals surface area contributed by atoms with E-state index < -0.39 is 5.97 Å². The van der Waals surface area contributed by atoms with Crippen molar-refractivity contribution < 1.29 is 23.5 Å². The SMILES string of the molecule is Cc1cc(C(=O)COC(=O)c2ccc(COc3ccccc3)o2)c(C)n1C1CC1. The minimum atomic E-state index is -0.666. The zero-order chi connectivity index (χ0) is 20.4. The maximum Gasteiger partial charge on any atom is 0.374 e. The van der Waals surface area contributed by atoms with E-state index in [1.165, 1.54) is 6.07 Å². The molecule has 2 heterocycles. The highest BCUT2D eigenvalue weighted by Crippen LogP contribution is 2.38. The van der Waals surface area contributed by atoms with Gasteiger partial charge in [0.05, 0.1) is 0 Å². The molecule has 0 amide bonds. The molecule has 0 N–H and O–H groups in total. The lowest BCUT2D eigenvalue weighted by Crippen LogP contribution is -2.14. The smallest absolute Gasteiger partial charge is 0.374 e. The van der Waals surface area contributed by atoms with Crippen molar-refractivity contribution >= 4 is 11.8 Å². The normalized spacial score (nSPS) is 13.3. The maximum atomic E-state index is 12.5. The minimum Gasteiger partial charge on any atom is -0.486 e. The molecule has 0 atom stereocenters. The predicted molar refractivity (Wildman–Crippen MR) is 106 cm³/mol. The minimum absolute atomic E-state index is 0.0490. The average Bonchev–Trinajstić information content (AvgIpc) is 3.35. The lowest BCUT2D eigenvalue weighted by molar-refractivity contribution is 0.0440. The van der Waals surface area contributed by atoms with E-state index in [1.54, 1.807) is 6.07 Å². The van der Waals surface area contributed by atoms with Crippen LogP contribution in [0, 0.1) is 13.8 Å². The van der Waals surface area contributed by atoms with Crippen LogP contribution in [0.25, 0.3) is 0 Å². The molecule has 0 unspecified atom stereocenters. The fourth-order valence-corrected chi connectivity index (χ4v) is 3.47. The third-order valence-electron chi connectivity index (χ3n) is 5.02. The first-order valence-electron chi connectivity index (χ1n) is 9.68. The second-order valence-electron chi connectivity index (χ2n) is 7.25. The Hall–Kier alpha value is -3.28. The van der Waals surface area contributed by atoms with Crippen molar-refractivity contribution in [1.29, 1.82) is 0 Å². The number of furan rings is 1. The number of ether oxygens (including phenoxy) is 2. The highest BCUT2D eigenvalue weighted by atomic mass is 16.5. The summed E-state index contributed by atoms with van der Waals surface area (Å²) < 4.78 is 18.4. The molecule has 1 aromatic carbocycles. The van der Waals surface area contributed by atoms with Crippen LogP contribution >= 0.6 is 0 Å². The number of Topliss-reactive ketones (excluding diaryl/α,β-unsaturated/α-hetero) is 1. The quantitative estimate of drug-likeness (QED) is 0.411. The number of hydrogen-bond acceptors (Lipinski definition) is 5. The van der Waals surface area contributed by atoms with Gasteiger partial charge in [0.25, 0.3) is 0 Å². The van der Waals surface area contributed by atoms with Gasteiger partial charge in [-0.25, -0.2) is 4.79 Å². The van der Waals surface area contributed by atoms with Gasteiger partial charge in [0.15, 0.2) is 6.61 Å². The van der Waals surface area contributed by atoms with E-state index in [9.17, 15) is 9.59 Å². The predicted octanol–water partition coefficient (Wildman–Crippen LogP) is 4.65. The molecule has 0 spiro atoms. The fraction of sp³-hybridized carbons (Fsp3) is 0.304. The summed E-state index contributed by atoms with van der Waals surface area (Å²) in [4.78, 5) is 24.8. The number of aryl methyl sites for hydroxylation is 1. The Morgan fingerprint density at radius 2 is 1.86 bits per heavy atom. The Morgan fingerprint density at radius 1 is 1.10 bits per heavy atom. The summed E-state index contributed by atoms with van der Waals surface area (Å²) in [5.74, 6) is 0.383. The van der Waals surface area contributed by atoms with E-state index in [0.29, 0.717) is 23.1 Å². The number of carbonyl (C=O) groups is 2. The standard InChI is InChI=1S/C23H23NO5/c1-15-12-20(16(2)24(15)17-8-9-17)21(25)14-28-23(26)22-11-10-19(29-22)13-27-18-6-4-3-5-7-18/h3-7,10-12,17H,8-9,13-14H2,1-2H3. The van der Waals surface area contributed by atoms with Crippen molar-refractivity contribution in [2.75, 3.05) is 6.61 Å². The summed E-state index contributed by atoms with van der Waals surface area (Å²) in [6.45, 7) is 3.82. The van der Waals surface area contributed by atoms with E-state index in [1.807, 2.05) is 50.2 Å². The molecule has 1 aliphatic rings. The second kappa shape index (κ2) is 7.99. The van der Waals surface area contributed by atoms with Crippen LogP contribution in [0.5, 0.6) is 5.75 Å². The van der Waals surface area contributed by atoms with E-state index >= 15 is 0 Å². The van der Waals surface area contributed by atoms with Crippen LogP contribution in [0.2, 0.25) is 0 Å². The van der Waals surface area contributed by atoms with Crippen LogP contribution in [0.4, 0.5) is 0 Å². The van der Waals surface area contributed by atoms with Gasteiger partial charge in [0.2, 0.25) is 11.5 Å². The number of carbonyl (C=O) groups excluding carboxylic acids is 2. The molecule has 1 fully saturated rings. The molecular weight excluding hydrogens is 370 g/mol. The molecule has 3 aromatic rings. The Bertz CT molecular complexity index is 1030. The number of rotatable bonds is 8. The fourth-order valence-electron chi connectivity index (χ4n) is 3.47. The highest BCUT2D eigenvalue weighted by Gasteiger charge is 2.28. The van der Waals surface area contributed by atoms with Crippen LogP contribution in [0.15, 0.2) is 52.9 Å². The molecule has 0 bridgehead atoms. The van der Waals surface area contributed by atoms with Crippen LogP contribution in [-0.4, -0.2) is 22.9 Å². The molecule has 1 saturated carbocycles. The molecule has 0 saturated heterocycles. The first-order valence-corrected chi connectivity index (χ1v) is 9.68. The summed E-state index contributed by atoms with van der Waals surface area (Å²) in [6, 6.07) is 14.9. The Morgan fingerprint density at radius 3 is 2.59 bits per heavy atom. The Balaban J connectivity index is 1.32. The van der Waals surface area contributed by atoms with Gasteiger partial charge in [-0.05, 0) is 57.0 Å². The van der Waals surface area contributed by atoms with Gasteiger partial charge in [-0.15, -0.1) is 0 Å². The van der Waals surface area contributed by atoms with Gasteiger partial charge in [-0.1, -0.05) is 18.2 Å². The zero-order valence-electron chi connectivity index (χ0n) is 16.5. The first-order chi connectivity index (χ1) is 14.0. The largest absolute Gasteiger partial charge is 0.486 e. The van der Waals surface area contributed by atoms with E-state index in [2.05, 4.69) is 4.57 Å². The van der Waals surface area contributed by atoms with Crippen molar-refractivity contribution in [3.63, 3.8) is 0 Å². The van der Waals surface area contributed by atoms with Crippen molar-refractivity contribution in [3.8, 4) is 5.75 Å². The monoisotopic (exact) mass is 393 g/mol. The third-order valence-corrected chi connectivity index (χ3v) is 5.02. The van der Waals surface area contributed by atoms with Crippen LogP contribution in [0.3, 0.4) is 0 Å². The molecule has 0 aliphatic heterocycles. The van der Waals surface area contributed by atoms with Crippen LogP contribution < -0.4 is 4.74 Å². The average molecular weight is 393 g/mol. The first kappa shape index (κ1) is 19.1. The van der Waals surface area contributed by atoms with Gasteiger partial charge >= 0.3 is 5.97 Å². The number of hydrogen-bond donors (Lipinski definition) is 0. The lowest BCUT2D eigenvalue weighted by atomic mass is 10.1. The number of ketones is 1. The maximum absolute atomic E-state index is 12.5. The third kappa shape index (κ3) is 4.26. The van der Waals surface area contributed by atoms with Gasteiger partial charge in [-0.3, -0.25) is 4.79 Å². The Labute approximate surface area is 169 Å².